The summed E-state index contributed by atoms with van der Waals surface area (Å²) in [6.07, 6.45) is 5.30. The normalized spacial score (nSPS) is 16.2. The van der Waals surface area contributed by atoms with Crippen molar-refractivity contribution in [2.45, 2.75) is 49.8 Å². The summed E-state index contributed by atoms with van der Waals surface area (Å²) in [4.78, 5) is 7.39. The largest absolute Gasteiger partial charge is 0.351 e. The van der Waals surface area contributed by atoms with Crippen LogP contribution < -0.4 is 5.32 Å². The SMILES string of the molecule is CCCCN(C)C(=NC)NCc1ccc(S(=O)(=O)N2CCCCC2)s1.I. The van der Waals surface area contributed by atoms with E-state index in [2.05, 4.69) is 22.1 Å². The lowest BCUT2D eigenvalue weighted by atomic mass is 10.2. The lowest BCUT2D eigenvalue weighted by Gasteiger charge is -2.25. The van der Waals surface area contributed by atoms with E-state index in [0.717, 1.165) is 49.5 Å². The number of sulfonamides is 1. The Morgan fingerprint density at radius 3 is 2.62 bits per heavy atom. The fraction of sp³-hybridized carbons (Fsp3) is 0.706. The molecule has 6 nitrogen and oxygen atoms in total. The summed E-state index contributed by atoms with van der Waals surface area (Å²) >= 11 is 1.35. The Bertz CT molecular complexity index is 670. The Kier molecular flexibility index (Phi) is 10.4. The van der Waals surface area contributed by atoms with Crippen LogP contribution in [0.3, 0.4) is 0 Å². The molecule has 0 atom stereocenters. The molecule has 0 unspecified atom stereocenters. The topological polar surface area (TPSA) is 65.0 Å². The van der Waals surface area contributed by atoms with Crippen molar-refractivity contribution >= 4 is 51.3 Å². The number of thiophene rings is 1. The molecule has 2 heterocycles. The van der Waals surface area contributed by atoms with Crippen molar-refractivity contribution in [3.05, 3.63) is 17.0 Å². The van der Waals surface area contributed by atoms with Crippen LogP contribution >= 0.6 is 35.3 Å². The number of rotatable bonds is 7. The summed E-state index contributed by atoms with van der Waals surface area (Å²) in [5.41, 5.74) is 0. The van der Waals surface area contributed by atoms with Crippen LogP contribution in [0.1, 0.15) is 43.9 Å². The van der Waals surface area contributed by atoms with Gasteiger partial charge in [-0.2, -0.15) is 4.31 Å². The molecule has 1 aromatic heterocycles. The highest BCUT2D eigenvalue weighted by molar-refractivity contribution is 14.0. The minimum atomic E-state index is -3.33. The number of hydrogen-bond donors (Lipinski definition) is 1. The molecule has 1 aromatic rings. The third-order valence-electron chi connectivity index (χ3n) is 4.39. The number of aliphatic imine (C=N–C) groups is 1. The lowest BCUT2D eigenvalue weighted by Crippen LogP contribution is -2.38. The van der Waals surface area contributed by atoms with Gasteiger partial charge in [-0.3, -0.25) is 4.99 Å². The summed E-state index contributed by atoms with van der Waals surface area (Å²) in [5.74, 6) is 0.835. The van der Waals surface area contributed by atoms with E-state index in [-0.39, 0.29) is 24.0 Å². The van der Waals surface area contributed by atoms with E-state index in [1.165, 1.54) is 11.3 Å². The fourth-order valence-electron chi connectivity index (χ4n) is 2.88. The Labute approximate surface area is 179 Å². The van der Waals surface area contributed by atoms with Gasteiger partial charge in [-0.25, -0.2) is 8.42 Å². The number of piperidine rings is 1. The van der Waals surface area contributed by atoms with Crippen molar-refractivity contribution in [2.75, 3.05) is 33.7 Å². The van der Waals surface area contributed by atoms with Crippen molar-refractivity contribution in [1.29, 1.82) is 0 Å². The van der Waals surface area contributed by atoms with Crippen molar-refractivity contribution in [2.24, 2.45) is 4.99 Å². The van der Waals surface area contributed by atoms with Gasteiger partial charge in [-0.1, -0.05) is 19.8 Å². The van der Waals surface area contributed by atoms with Crippen molar-refractivity contribution < 1.29 is 8.42 Å². The van der Waals surface area contributed by atoms with Gasteiger partial charge in [0.2, 0.25) is 0 Å². The highest BCUT2D eigenvalue weighted by Gasteiger charge is 2.27. The number of unbranched alkanes of at least 4 members (excludes halogenated alkanes) is 1. The number of nitrogens with one attached hydrogen (secondary N) is 1. The Morgan fingerprint density at radius 1 is 1.31 bits per heavy atom. The van der Waals surface area contributed by atoms with Crippen LogP contribution in [0.2, 0.25) is 0 Å². The number of nitrogens with zero attached hydrogens (tertiary/aromatic N) is 3. The first-order valence-electron chi connectivity index (χ1n) is 8.99. The highest BCUT2D eigenvalue weighted by atomic mass is 127. The van der Waals surface area contributed by atoms with Crippen molar-refractivity contribution in [3.63, 3.8) is 0 Å². The van der Waals surface area contributed by atoms with Gasteiger partial charge in [0.05, 0.1) is 6.54 Å². The van der Waals surface area contributed by atoms with Crippen LogP contribution in [-0.4, -0.2) is 57.3 Å². The molecule has 0 spiro atoms. The van der Waals surface area contributed by atoms with Gasteiger partial charge < -0.3 is 10.2 Å². The molecule has 150 valence electrons. The van der Waals surface area contributed by atoms with Crippen molar-refractivity contribution in [3.8, 4) is 0 Å². The third-order valence-corrected chi connectivity index (χ3v) is 7.84. The maximum Gasteiger partial charge on any atom is 0.252 e. The minimum Gasteiger partial charge on any atom is -0.351 e. The van der Waals surface area contributed by atoms with Crippen LogP contribution in [0, 0.1) is 0 Å². The maximum atomic E-state index is 12.7. The molecule has 1 N–H and O–H groups in total. The first-order chi connectivity index (χ1) is 12.0. The molecule has 0 amide bonds. The zero-order valence-electron chi connectivity index (χ0n) is 15.9. The first kappa shape index (κ1) is 23.6. The highest BCUT2D eigenvalue weighted by Crippen LogP contribution is 2.27. The Morgan fingerprint density at radius 2 is 2.00 bits per heavy atom. The molecule has 1 aliphatic rings. The monoisotopic (exact) mass is 514 g/mol. The van der Waals surface area contributed by atoms with Gasteiger partial charge in [0.25, 0.3) is 10.0 Å². The zero-order chi connectivity index (χ0) is 18.3. The standard InChI is InChI=1S/C17H30N4O2S2.HI/c1-4-5-11-20(3)17(18-2)19-14-15-9-10-16(24-15)25(22,23)21-12-7-6-8-13-21;/h9-10H,4-8,11-14H2,1-3H3,(H,18,19);1H. The van der Waals surface area contributed by atoms with Crippen LogP contribution in [-0.2, 0) is 16.6 Å². The molecular formula is C17H31IN4O2S2. The van der Waals surface area contributed by atoms with E-state index in [1.54, 1.807) is 17.4 Å². The first-order valence-corrected chi connectivity index (χ1v) is 11.3. The summed E-state index contributed by atoms with van der Waals surface area (Å²) in [7, 11) is 0.459. The Balaban J connectivity index is 0.00000338. The summed E-state index contributed by atoms with van der Waals surface area (Å²) in [6.45, 7) is 4.99. The second-order valence-electron chi connectivity index (χ2n) is 6.36. The quantitative estimate of drug-likeness (QED) is 0.345. The zero-order valence-corrected chi connectivity index (χ0v) is 19.9. The second-order valence-corrected chi connectivity index (χ2v) is 9.69. The van der Waals surface area contributed by atoms with Gasteiger partial charge in [0, 0.05) is 38.6 Å². The lowest BCUT2D eigenvalue weighted by molar-refractivity contribution is 0.347. The van der Waals surface area contributed by atoms with E-state index in [9.17, 15) is 8.42 Å². The molecule has 0 aliphatic carbocycles. The third kappa shape index (κ3) is 6.35. The maximum absolute atomic E-state index is 12.7. The van der Waals surface area contributed by atoms with Gasteiger partial charge in [0.15, 0.2) is 5.96 Å². The molecule has 0 saturated carbocycles. The van der Waals surface area contributed by atoms with Gasteiger partial charge in [-0.15, -0.1) is 35.3 Å². The summed E-state index contributed by atoms with van der Waals surface area (Å²) in [5, 5.41) is 3.32. The smallest absolute Gasteiger partial charge is 0.252 e. The minimum absolute atomic E-state index is 0. The van der Waals surface area contributed by atoms with Crippen LogP contribution in [0.15, 0.2) is 21.3 Å². The molecule has 9 heteroatoms. The van der Waals surface area contributed by atoms with E-state index >= 15 is 0 Å². The summed E-state index contributed by atoms with van der Waals surface area (Å²) < 4.78 is 27.5. The van der Waals surface area contributed by atoms with Crippen LogP contribution in [0.5, 0.6) is 0 Å². The average Bonchev–Trinajstić information content (AvgIpc) is 3.11. The fourth-order valence-corrected chi connectivity index (χ4v) is 5.84. The number of guanidine groups is 1. The van der Waals surface area contributed by atoms with E-state index in [1.807, 2.05) is 13.1 Å². The predicted molar refractivity (Wildman–Crippen MR) is 120 cm³/mol. The van der Waals surface area contributed by atoms with E-state index in [0.29, 0.717) is 23.8 Å². The van der Waals surface area contributed by atoms with E-state index < -0.39 is 10.0 Å². The number of hydrogen-bond acceptors (Lipinski definition) is 4. The molecular weight excluding hydrogens is 483 g/mol. The molecule has 2 rings (SSSR count). The summed E-state index contributed by atoms with van der Waals surface area (Å²) in [6, 6.07) is 3.63. The van der Waals surface area contributed by atoms with Crippen LogP contribution in [0.4, 0.5) is 0 Å². The molecule has 26 heavy (non-hydrogen) atoms. The number of halogens is 1. The average molecular weight is 514 g/mol. The second kappa shape index (κ2) is 11.5. The van der Waals surface area contributed by atoms with E-state index in [4.69, 9.17) is 0 Å². The molecule has 1 aliphatic heterocycles. The molecule has 0 aromatic carbocycles. The van der Waals surface area contributed by atoms with Gasteiger partial charge >= 0.3 is 0 Å². The Hall–Kier alpha value is -0.390. The molecule has 0 bridgehead atoms. The van der Waals surface area contributed by atoms with Gasteiger partial charge in [-0.05, 0) is 31.4 Å². The predicted octanol–water partition coefficient (Wildman–Crippen LogP) is 3.35. The molecule has 1 fully saturated rings. The van der Waals surface area contributed by atoms with Crippen LogP contribution in [0.25, 0.3) is 0 Å². The molecule has 1 saturated heterocycles. The van der Waals surface area contributed by atoms with Gasteiger partial charge in [0.1, 0.15) is 4.21 Å². The molecule has 0 radical (unpaired) electrons. The van der Waals surface area contributed by atoms with Crippen molar-refractivity contribution in [1.82, 2.24) is 14.5 Å².